The molecule has 10 heteroatoms. The van der Waals surface area contributed by atoms with E-state index in [1.165, 1.54) is 6.33 Å². The first-order valence-corrected chi connectivity index (χ1v) is 12.8. The number of carbonyl (C=O) groups is 1. The van der Waals surface area contributed by atoms with Crippen LogP contribution in [0, 0.1) is 6.92 Å². The van der Waals surface area contributed by atoms with Gasteiger partial charge in [0.05, 0.1) is 24.4 Å². The van der Waals surface area contributed by atoms with Crippen LogP contribution in [0.1, 0.15) is 30.0 Å². The van der Waals surface area contributed by atoms with Gasteiger partial charge in [0.25, 0.3) is 0 Å². The highest BCUT2D eigenvalue weighted by Crippen LogP contribution is 2.33. The monoisotopic (exact) mass is 503 g/mol. The summed E-state index contributed by atoms with van der Waals surface area (Å²) < 4.78 is 1.92. The highest BCUT2D eigenvalue weighted by Gasteiger charge is 2.28. The molecule has 1 atom stereocenters. The molecule has 0 bridgehead atoms. The Morgan fingerprint density at radius 2 is 1.76 bits per heavy atom. The molecule has 0 radical (unpaired) electrons. The number of aliphatic hydroxyl groups excluding tert-OH is 2. The number of carbonyl (C=O) groups excluding carboxylic acids is 1. The first kappa shape index (κ1) is 25.2. The van der Waals surface area contributed by atoms with Gasteiger partial charge >= 0.3 is 0 Å². The Morgan fingerprint density at radius 3 is 2.46 bits per heavy atom. The number of aromatic nitrogens is 4. The van der Waals surface area contributed by atoms with Crippen molar-refractivity contribution in [1.29, 1.82) is 0 Å². The van der Waals surface area contributed by atoms with E-state index < -0.39 is 0 Å². The van der Waals surface area contributed by atoms with E-state index in [0.717, 1.165) is 67.4 Å². The Hall–Kier alpha value is -3.47. The zero-order chi connectivity index (χ0) is 25.8. The van der Waals surface area contributed by atoms with E-state index in [9.17, 15) is 9.90 Å². The van der Waals surface area contributed by atoms with E-state index in [0.29, 0.717) is 25.0 Å². The molecule has 10 nitrogen and oxygen atoms in total. The lowest BCUT2D eigenvalue weighted by Crippen LogP contribution is -2.47. The van der Waals surface area contributed by atoms with Gasteiger partial charge in [-0.25, -0.2) is 15.0 Å². The normalized spacial score (nSPS) is 19.9. The maximum atomic E-state index is 12.8. The minimum absolute atomic E-state index is 0.0713. The first-order valence-electron chi connectivity index (χ1n) is 12.8. The lowest BCUT2D eigenvalue weighted by atomic mass is 9.83. The number of Topliss-reactive ketones (excluding diaryl/α,β-unsaturated/α-hetero) is 1. The fourth-order valence-electron chi connectivity index (χ4n) is 5.07. The first-order chi connectivity index (χ1) is 18.0. The zero-order valence-electron chi connectivity index (χ0n) is 21.1. The third kappa shape index (κ3) is 5.61. The number of ketones is 1. The van der Waals surface area contributed by atoms with Crippen molar-refractivity contribution >= 4 is 23.2 Å². The molecule has 5 rings (SSSR count). The highest BCUT2D eigenvalue weighted by molar-refractivity contribution is 6.14. The molecule has 1 saturated heterocycles. The largest absolute Gasteiger partial charge is 0.511 e. The zero-order valence-corrected chi connectivity index (χ0v) is 21.1. The molecule has 1 aliphatic carbocycles. The average molecular weight is 504 g/mol. The van der Waals surface area contributed by atoms with Crippen LogP contribution in [-0.2, 0) is 4.79 Å². The number of aliphatic imine (C=N–C) groups is 1. The number of aryl methyl sites for hydroxylation is 1. The topological polar surface area (TPSA) is 120 Å². The van der Waals surface area contributed by atoms with Crippen molar-refractivity contribution in [1.82, 2.24) is 29.3 Å². The third-order valence-electron chi connectivity index (χ3n) is 7.29. The number of fused-ring (bicyclic) bond motifs is 1. The van der Waals surface area contributed by atoms with Gasteiger partial charge < -0.3 is 10.2 Å². The van der Waals surface area contributed by atoms with Crippen LogP contribution in [0.15, 0.2) is 53.2 Å². The molecule has 0 saturated carbocycles. The molecular formula is C27H33N7O3. The molecule has 1 aromatic carbocycles. The number of rotatable bonds is 8. The summed E-state index contributed by atoms with van der Waals surface area (Å²) in [4.78, 5) is 34.9. The number of hydrogen-bond donors (Lipinski definition) is 2. The van der Waals surface area contributed by atoms with Gasteiger partial charge in [-0.3, -0.25) is 24.2 Å². The quantitative estimate of drug-likeness (QED) is 0.448. The van der Waals surface area contributed by atoms with Gasteiger partial charge in [0.1, 0.15) is 23.9 Å². The molecule has 1 fully saturated rings. The molecule has 2 aromatic heterocycles. The second kappa shape index (κ2) is 11.3. The Balaban J connectivity index is 1.18. The average Bonchev–Trinajstić information content (AvgIpc) is 3.34. The summed E-state index contributed by atoms with van der Waals surface area (Å²) in [5.74, 6) is -0.0375. The van der Waals surface area contributed by atoms with Crippen molar-refractivity contribution in [3.63, 3.8) is 0 Å². The number of β-amino-alcohol motifs (C(OH)–C–C–N with tert-alkyl or cyclic N) is 1. The SMILES string of the molecule is Cc1ncnc2c1ncn2-c1ccc(C2CC(=O)C(C=NCCN3CCN(CCO)CC3)=C(O)C2)cc1. The third-order valence-corrected chi connectivity index (χ3v) is 7.29. The highest BCUT2D eigenvalue weighted by atomic mass is 16.3. The number of hydrogen-bond acceptors (Lipinski definition) is 9. The second-order valence-corrected chi connectivity index (χ2v) is 9.67. The van der Waals surface area contributed by atoms with E-state index >= 15 is 0 Å². The van der Waals surface area contributed by atoms with E-state index in [1.807, 2.05) is 35.8 Å². The van der Waals surface area contributed by atoms with Gasteiger partial charge in [0, 0.05) is 64.0 Å². The molecule has 1 unspecified atom stereocenters. The predicted molar refractivity (Wildman–Crippen MR) is 141 cm³/mol. The molecule has 0 amide bonds. The smallest absolute Gasteiger partial charge is 0.168 e. The molecule has 2 N–H and O–H groups in total. The van der Waals surface area contributed by atoms with Crippen LogP contribution in [-0.4, -0.2) is 104 Å². The van der Waals surface area contributed by atoms with Crippen molar-refractivity contribution in [2.45, 2.75) is 25.7 Å². The van der Waals surface area contributed by atoms with Crippen molar-refractivity contribution in [2.75, 3.05) is 52.4 Å². The van der Waals surface area contributed by atoms with E-state index in [2.05, 4.69) is 29.7 Å². The molecule has 3 aromatic rings. The summed E-state index contributed by atoms with van der Waals surface area (Å²) in [7, 11) is 0. The van der Waals surface area contributed by atoms with Gasteiger partial charge in [0.15, 0.2) is 11.4 Å². The molecule has 2 aliphatic rings. The van der Waals surface area contributed by atoms with Crippen LogP contribution in [0.2, 0.25) is 0 Å². The summed E-state index contributed by atoms with van der Waals surface area (Å²) >= 11 is 0. The van der Waals surface area contributed by atoms with Gasteiger partial charge in [-0.05, 0) is 30.5 Å². The summed E-state index contributed by atoms with van der Waals surface area (Å²) in [6, 6.07) is 7.97. The van der Waals surface area contributed by atoms with Gasteiger partial charge in [-0.2, -0.15) is 0 Å². The number of allylic oxidation sites excluding steroid dienone is 2. The number of piperazine rings is 1. The van der Waals surface area contributed by atoms with E-state index in [4.69, 9.17) is 5.11 Å². The lowest BCUT2D eigenvalue weighted by molar-refractivity contribution is -0.116. The Bertz CT molecular complexity index is 1310. The molecule has 0 spiro atoms. The second-order valence-electron chi connectivity index (χ2n) is 9.67. The minimum Gasteiger partial charge on any atom is -0.511 e. The molecule has 194 valence electrons. The summed E-state index contributed by atoms with van der Waals surface area (Å²) in [5.41, 5.74) is 4.63. The predicted octanol–water partition coefficient (Wildman–Crippen LogP) is 2.06. The fraction of sp³-hybridized carbons (Fsp3) is 0.444. The molecule has 1 aliphatic heterocycles. The van der Waals surface area contributed by atoms with Gasteiger partial charge in [0.2, 0.25) is 0 Å². The van der Waals surface area contributed by atoms with Crippen molar-refractivity contribution in [3.05, 3.63) is 59.5 Å². The Morgan fingerprint density at radius 1 is 1.03 bits per heavy atom. The summed E-state index contributed by atoms with van der Waals surface area (Å²) in [5, 5.41) is 19.7. The summed E-state index contributed by atoms with van der Waals surface area (Å²) in [6.07, 6.45) is 5.59. The van der Waals surface area contributed by atoms with E-state index in [1.54, 1.807) is 12.5 Å². The van der Waals surface area contributed by atoms with Crippen molar-refractivity contribution < 1.29 is 15.0 Å². The fourth-order valence-corrected chi connectivity index (χ4v) is 5.07. The lowest BCUT2D eigenvalue weighted by Gasteiger charge is -2.33. The van der Waals surface area contributed by atoms with Crippen LogP contribution in [0.5, 0.6) is 0 Å². The Labute approximate surface area is 216 Å². The molecule has 3 heterocycles. The maximum absolute atomic E-state index is 12.8. The minimum atomic E-state index is -0.0769. The van der Waals surface area contributed by atoms with Gasteiger partial charge in [-0.1, -0.05) is 12.1 Å². The number of nitrogens with zero attached hydrogens (tertiary/aromatic N) is 7. The number of imidazole rings is 1. The van der Waals surface area contributed by atoms with Gasteiger partial charge in [-0.15, -0.1) is 0 Å². The van der Waals surface area contributed by atoms with Crippen LogP contribution < -0.4 is 0 Å². The number of aliphatic hydroxyl groups is 2. The number of benzene rings is 1. The van der Waals surface area contributed by atoms with Crippen LogP contribution in [0.3, 0.4) is 0 Å². The van der Waals surface area contributed by atoms with Crippen molar-refractivity contribution in [2.24, 2.45) is 4.99 Å². The summed E-state index contributed by atoms with van der Waals surface area (Å²) in [6.45, 7) is 8.03. The van der Waals surface area contributed by atoms with Crippen molar-refractivity contribution in [3.8, 4) is 5.69 Å². The standard InChI is InChI=1S/C27H33N7O3/c1-19-26-27(30-17-29-19)34(18-31-26)22-4-2-20(3-5-22)21-14-24(36)23(25(37)15-21)16-28-6-7-32-8-10-33(11-9-32)12-13-35/h2-5,16-18,21,35-36H,6-15H2,1H3. The molecular weight excluding hydrogens is 470 g/mol. The van der Waals surface area contributed by atoms with Crippen LogP contribution in [0.25, 0.3) is 16.9 Å². The van der Waals surface area contributed by atoms with E-state index in [-0.39, 0.29) is 24.1 Å². The Kier molecular flexibility index (Phi) is 7.68. The van der Waals surface area contributed by atoms with Crippen LogP contribution >= 0.6 is 0 Å². The van der Waals surface area contributed by atoms with Crippen LogP contribution in [0.4, 0.5) is 0 Å². The maximum Gasteiger partial charge on any atom is 0.168 e. The molecule has 37 heavy (non-hydrogen) atoms.